The fraction of sp³-hybridized carbons (Fsp3) is 0.200. The molecule has 1 N–H and O–H groups in total. The number of rotatable bonds is 4. The average molecular weight is 345 g/mol. The number of hydrogen-bond donors (Lipinski definition) is 1. The summed E-state index contributed by atoms with van der Waals surface area (Å²) >= 11 is 1.04. The maximum atomic E-state index is 12.3. The third-order valence-electron chi connectivity index (χ3n) is 3.30. The maximum Gasteiger partial charge on any atom is 0.349 e. The van der Waals surface area contributed by atoms with Gasteiger partial charge in [0.25, 0.3) is 5.91 Å². The Hall–Kier alpha value is -2.94. The molecule has 24 heavy (non-hydrogen) atoms. The van der Waals surface area contributed by atoms with Gasteiger partial charge in [-0.25, -0.2) is 14.8 Å². The zero-order chi connectivity index (χ0) is 17.3. The number of nitrogens with one attached hydrogen (secondary N) is 1. The van der Waals surface area contributed by atoms with Crippen molar-refractivity contribution in [2.24, 2.45) is 0 Å². The molecule has 0 atom stereocenters. The summed E-state index contributed by atoms with van der Waals surface area (Å²) in [6.07, 6.45) is 4.89. The van der Waals surface area contributed by atoms with Crippen LogP contribution in [0.4, 0.5) is 10.8 Å². The van der Waals surface area contributed by atoms with Crippen molar-refractivity contribution in [3.8, 4) is 0 Å². The van der Waals surface area contributed by atoms with Gasteiger partial charge in [-0.2, -0.15) is 0 Å². The van der Waals surface area contributed by atoms with Gasteiger partial charge in [-0.15, -0.1) is 0 Å². The number of hydrogen-bond acceptors (Lipinski definition) is 7. The lowest BCUT2D eigenvalue weighted by Crippen LogP contribution is -2.11. The van der Waals surface area contributed by atoms with E-state index in [0.29, 0.717) is 15.7 Å². The number of fused-ring (bicyclic) bond motifs is 1. The van der Waals surface area contributed by atoms with Crippen molar-refractivity contribution in [1.82, 2.24) is 14.4 Å². The van der Waals surface area contributed by atoms with E-state index >= 15 is 0 Å². The lowest BCUT2D eigenvalue weighted by atomic mass is 10.4. The van der Waals surface area contributed by atoms with Gasteiger partial charge in [0.15, 0.2) is 5.13 Å². The second kappa shape index (κ2) is 6.28. The van der Waals surface area contributed by atoms with E-state index in [0.717, 1.165) is 17.0 Å². The fourth-order valence-corrected chi connectivity index (χ4v) is 2.77. The Morgan fingerprint density at radius 2 is 2.08 bits per heavy atom. The first kappa shape index (κ1) is 15.9. The lowest BCUT2D eigenvalue weighted by Gasteiger charge is -2.11. The molecule has 9 heteroatoms. The number of anilines is 2. The number of pyridine rings is 1. The molecule has 124 valence electrons. The molecule has 3 aromatic heterocycles. The van der Waals surface area contributed by atoms with E-state index in [-0.39, 0.29) is 5.69 Å². The highest BCUT2D eigenvalue weighted by atomic mass is 32.1. The van der Waals surface area contributed by atoms with Crippen molar-refractivity contribution in [3.05, 3.63) is 41.3 Å². The Balaban J connectivity index is 1.81. The van der Waals surface area contributed by atoms with Crippen LogP contribution in [-0.2, 0) is 4.74 Å². The molecule has 8 nitrogen and oxygen atoms in total. The van der Waals surface area contributed by atoms with E-state index < -0.39 is 11.9 Å². The van der Waals surface area contributed by atoms with Crippen molar-refractivity contribution >= 4 is 39.7 Å². The first-order chi connectivity index (χ1) is 11.5. The topological polar surface area (TPSA) is 88.8 Å². The number of aromatic nitrogens is 3. The van der Waals surface area contributed by atoms with Gasteiger partial charge in [-0.05, 0) is 12.1 Å². The van der Waals surface area contributed by atoms with Gasteiger partial charge in [0.2, 0.25) is 0 Å². The van der Waals surface area contributed by atoms with Crippen molar-refractivity contribution in [2.45, 2.75) is 0 Å². The Bertz CT molecular complexity index is 915. The minimum absolute atomic E-state index is 0.265. The number of methoxy groups -OCH3 is 1. The smallest absolute Gasteiger partial charge is 0.349 e. The number of amides is 1. The molecule has 3 aromatic rings. The first-order valence-corrected chi connectivity index (χ1v) is 7.81. The molecule has 0 unspecified atom stereocenters. The van der Waals surface area contributed by atoms with E-state index in [1.807, 2.05) is 37.3 Å². The van der Waals surface area contributed by atoms with E-state index in [2.05, 4.69) is 20.0 Å². The SMILES string of the molecule is COC(=O)c1cnc(NC(=O)c2cn3cc(N(C)C)ccc3n2)s1. The first-order valence-electron chi connectivity index (χ1n) is 6.99. The van der Waals surface area contributed by atoms with Crippen LogP contribution in [0.1, 0.15) is 20.2 Å². The largest absolute Gasteiger partial charge is 0.465 e. The molecule has 0 fully saturated rings. The summed E-state index contributed by atoms with van der Waals surface area (Å²) in [6, 6.07) is 3.76. The highest BCUT2D eigenvalue weighted by Crippen LogP contribution is 2.20. The van der Waals surface area contributed by atoms with Gasteiger partial charge < -0.3 is 14.0 Å². The van der Waals surface area contributed by atoms with Gasteiger partial charge in [0.05, 0.1) is 19.0 Å². The Labute approximate surface area is 141 Å². The molecule has 0 saturated heterocycles. The molecule has 0 aliphatic carbocycles. The number of ether oxygens (including phenoxy) is 1. The number of nitrogens with zero attached hydrogens (tertiary/aromatic N) is 4. The van der Waals surface area contributed by atoms with Gasteiger partial charge in [0.1, 0.15) is 16.2 Å². The molecular weight excluding hydrogens is 330 g/mol. The number of carbonyl (C=O) groups excluding carboxylic acids is 2. The quantitative estimate of drug-likeness (QED) is 0.727. The average Bonchev–Trinajstić information content (AvgIpc) is 3.19. The molecule has 0 bridgehead atoms. The number of carbonyl (C=O) groups is 2. The summed E-state index contributed by atoms with van der Waals surface area (Å²) in [4.78, 5) is 34.3. The fourth-order valence-electron chi connectivity index (χ4n) is 2.04. The summed E-state index contributed by atoms with van der Waals surface area (Å²) < 4.78 is 6.39. The van der Waals surface area contributed by atoms with E-state index in [1.54, 1.807) is 10.6 Å². The van der Waals surface area contributed by atoms with Gasteiger partial charge in [-0.3, -0.25) is 10.1 Å². The van der Waals surface area contributed by atoms with Crippen molar-refractivity contribution in [1.29, 1.82) is 0 Å². The van der Waals surface area contributed by atoms with E-state index in [4.69, 9.17) is 0 Å². The summed E-state index contributed by atoms with van der Waals surface area (Å²) in [6.45, 7) is 0. The number of esters is 1. The molecule has 3 rings (SSSR count). The predicted molar refractivity (Wildman–Crippen MR) is 90.9 cm³/mol. The molecule has 0 aliphatic rings. The van der Waals surface area contributed by atoms with Crippen LogP contribution < -0.4 is 10.2 Å². The van der Waals surface area contributed by atoms with Crippen molar-refractivity contribution in [2.75, 3.05) is 31.4 Å². The molecule has 0 spiro atoms. The Morgan fingerprint density at radius 1 is 1.29 bits per heavy atom. The third kappa shape index (κ3) is 3.06. The standard InChI is InChI=1S/C15H15N5O3S/c1-19(2)9-4-5-12-17-10(8-20(12)7-9)13(21)18-15-16-6-11(24-15)14(22)23-3/h4-8H,1-3H3,(H,16,18,21). The zero-order valence-electron chi connectivity index (χ0n) is 13.3. The summed E-state index contributed by atoms with van der Waals surface area (Å²) in [5.74, 6) is -0.882. The minimum atomic E-state index is -0.489. The molecular formula is C15H15N5O3S. The summed E-state index contributed by atoms with van der Waals surface area (Å²) in [5, 5.41) is 2.94. The molecule has 3 heterocycles. The maximum absolute atomic E-state index is 12.3. The van der Waals surface area contributed by atoms with Crippen LogP contribution in [-0.4, -0.2) is 47.5 Å². The van der Waals surface area contributed by atoms with E-state index in [1.165, 1.54) is 13.3 Å². The normalized spacial score (nSPS) is 10.6. The Kier molecular flexibility index (Phi) is 4.17. The monoisotopic (exact) mass is 345 g/mol. The molecule has 0 aliphatic heterocycles. The van der Waals surface area contributed by atoms with Crippen LogP contribution in [0.2, 0.25) is 0 Å². The summed E-state index contributed by atoms with van der Waals surface area (Å²) in [7, 11) is 5.17. The predicted octanol–water partition coefficient (Wildman–Crippen LogP) is 1.90. The van der Waals surface area contributed by atoms with Crippen LogP contribution in [0.3, 0.4) is 0 Å². The Morgan fingerprint density at radius 3 is 2.79 bits per heavy atom. The van der Waals surface area contributed by atoms with Crippen LogP contribution in [0, 0.1) is 0 Å². The molecule has 0 radical (unpaired) electrons. The highest BCUT2D eigenvalue weighted by Gasteiger charge is 2.15. The van der Waals surface area contributed by atoms with Gasteiger partial charge in [-0.1, -0.05) is 11.3 Å². The van der Waals surface area contributed by atoms with Crippen molar-refractivity contribution < 1.29 is 14.3 Å². The minimum Gasteiger partial charge on any atom is -0.465 e. The second-order valence-electron chi connectivity index (χ2n) is 5.15. The van der Waals surface area contributed by atoms with Crippen molar-refractivity contribution in [3.63, 3.8) is 0 Å². The number of thiazole rings is 1. The van der Waals surface area contributed by atoms with Gasteiger partial charge in [0, 0.05) is 26.5 Å². The van der Waals surface area contributed by atoms with Crippen LogP contribution in [0.15, 0.2) is 30.7 Å². The summed E-state index contributed by atoms with van der Waals surface area (Å²) in [5.41, 5.74) is 1.93. The molecule has 0 aromatic carbocycles. The number of imidazole rings is 1. The second-order valence-corrected chi connectivity index (χ2v) is 6.18. The van der Waals surface area contributed by atoms with E-state index in [9.17, 15) is 9.59 Å². The third-order valence-corrected chi connectivity index (χ3v) is 4.19. The molecule has 0 saturated carbocycles. The molecule has 1 amide bonds. The highest BCUT2D eigenvalue weighted by molar-refractivity contribution is 7.17. The lowest BCUT2D eigenvalue weighted by molar-refractivity contribution is 0.0606. The van der Waals surface area contributed by atoms with Gasteiger partial charge >= 0.3 is 5.97 Å². The van der Waals surface area contributed by atoms with Crippen LogP contribution >= 0.6 is 11.3 Å². The van der Waals surface area contributed by atoms with Crippen LogP contribution in [0.5, 0.6) is 0 Å². The zero-order valence-corrected chi connectivity index (χ0v) is 14.1. The van der Waals surface area contributed by atoms with Crippen LogP contribution in [0.25, 0.3) is 5.65 Å².